The monoisotopic (exact) mass is 353 g/mol. The molecule has 0 amide bonds. The number of H-pyrrole nitrogens is 1. The molecule has 7 heteroatoms. The minimum absolute atomic E-state index is 0.290. The minimum Gasteiger partial charge on any atom is -0.508 e. The number of aromatic nitrogens is 4. The van der Waals surface area contributed by atoms with Crippen LogP contribution in [-0.2, 0) is 11.2 Å². The maximum atomic E-state index is 9.80. The molecule has 4 rings (SSSR count). The molecule has 1 saturated carbocycles. The lowest BCUT2D eigenvalue weighted by Crippen LogP contribution is -2.30. The molecule has 2 aromatic heterocycles. The molecule has 1 fully saturated rings. The first kappa shape index (κ1) is 16.8. The summed E-state index contributed by atoms with van der Waals surface area (Å²) >= 11 is 0. The van der Waals surface area contributed by atoms with E-state index >= 15 is 0 Å². The molecular weight excluding hydrogens is 330 g/mol. The molecule has 1 aliphatic rings. The first-order valence-corrected chi connectivity index (χ1v) is 9.08. The van der Waals surface area contributed by atoms with E-state index in [2.05, 4.69) is 25.5 Å². The molecule has 136 valence electrons. The summed E-state index contributed by atoms with van der Waals surface area (Å²) in [4.78, 5) is 8.51. The zero-order valence-electron chi connectivity index (χ0n) is 14.6. The smallest absolute Gasteiger partial charge is 0.160 e. The Morgan fingerprint density at radius 3 is 2.85 bits per heavy atom. The van der Waals surface area contributed by atoms with Gasteiger partial charge in [0.25, 0.3) is 0 Å². The number of aromatic amines is 1. The van der Waals surface area contributed by atoms with E-state index in [1.54, 1.807) is 18.6 Å². The molecule has 7 nitrogen and oxygen atoms in total. The first-order valence-electron chi connectivity index (χ1n) is 9.08. The van der Waals surface area contributed by atoms with Crippen molar-refractivity contribution in [3.05, 3.63) is 42.4 Å². The van der Waals surface area contributed by atoms with E-state index in [1.165, 1.54) is 0 Å². The van der Waals surface area contributed by atoms with Gasteiger partial charge in [0.15, 0.2) is 5.65 Å². The number of phenolic OH excluding ortho intramolecular Hbond substituents is 1. The summed E-state index contributed by atoms with van der Waals surface area (Å²) in [6.45, 7) is 0.641. The van der Waals surface area contributed by atoms with Gasteiger partial charge in [-0.1, -0.05) is 18.2 Å². The van der Waals surface area contributed by atoms with Crippen LogP contribution in [0, 0.1) is 0 Å². The van der Waals surface area contributed by atoms with Crippen LogP contribution in [0.15, 0.2) is 36.8 Å². The molecule has 3 aromatic rings. The Morgan fingerprint density at radius 1 is 1.15 bits per heavy atom. The summed E-state index contributed by atoms with van der Waals surface area (Å²) < 4.78 is 6.02. The summed E-state index contributed by atoms with van der Waals surface area (Å²) in [5.41, 5.74) is 1.69. The highest BCUT2D eigenvalue weighted by Gasteiger charge is 2.22. The number of anilines is 1. The Morgan fingerprint density at radius 2 is 2.00 bits per heavy atom. The lowest BCUT2D eigenvalue weighted by Gasteiger charge is -2.29. The highest BCUT2D eigenvalue weighted by atomic mass is 16.5. The number of hydrogen-bond acceptors (Lipinski definition) is 6. The lowest BCUT2D eigenvalue weighted by atomic mass is 9.93. The summed E-state index contributed by atoms with van der Waals surface area (Å²) in [5, 5.41) is 21.1. The van der Waals surface area contributed by atoms with Crippen molar-refractivity contribution >= 4 is 16.9 Å². The minimum atomic E-state index is 0.290. The number of para-hydroxylation sites is 1. The van der Waals surface area contributed by atoms with Crippen LogP contribution in [0.3, 0.4) is 0 Å². The number of fused-ring (bicyclic) bond motifs is 1. The zero-order valence-corrected chi connectivity index (χ0v) is 14.6. The predicted molar refractivity (Wildman–Crippen MR) is 99.1 cm³/mol. The van der Waals surface area contributed by atoms with Gasteiger partial charge >= 0.3 is 0 Å². The molecule has 0 bridgehead atoms. The van der Waals surface area contributed by atoms with Crippen molar-refractivity contribution in [3.63, 3.8) is 0 Å². The number of nitrogens with one attached hydrogen (secondary N) is 2. The Hall–Kier alpha value is -2.67. The molecule has 0 spiro atoms. The third kappa shape index (κ3) is 3.77. The van der Waals surface area contributed by atoms with Crippen LogP contribution >= 0.6 is 0 Å². The van der Waals surface area contributed by atoms with E-state index < -0.39 is 0 Å². The van der Waals surface area contributed by atoms with Crippen molar-refractivity contribution in [2.75, 3.05) is 11.9 Å². The molecule has 1 aromatic carbocycles. The molecule has 0 saturated heterocycles. The van der Waals surface area contributed by atoms with Gasteiger partial charge in [0.2, 0.25) is 0 Å². The standard InChI is InChI=1S/C19H23N5O2/c25-17-4-2-1-3-13(17)9-10-26-15-7-5-14(6-8-15)23-18-16-11-22-24-19(16)21-12-20-18/h1-4,11-12,14-15,25H,5-10H2,(H2,20,21,22,23,24). The predicted octanol–water partition coefficient (Wildman–Crippen LogP) is 3.04. The largest absolute Gasteiger partial charge is 0.508 e. The average Bonchev–Trinajstić information content (AvgIpc) is 3.15. The van der Waals surface area contributed by atoms with Crippen LogP contribution in [0.1, 0.15) is 31.2 Å². The maximum Gasteiger partial charge on any atom is 0.160 e. The van der Waals surface area contributed by atoms with Crippen molar-refractivity contribution in [3.8, 4) is 5.75 Å². The fourth-order valence-electron chi connectivity index (χ4n) is 3.50. The Labute approximate surface area is 151 Å². The van der Waals surface area contributed by atoms with Gasteiger partial charge in [-0.2, -0.15) is 5.10 Å². The number of benzene rings is 1. The first-order chi connectivity index (χ1) is 12.8. The normalized spacial score (nSPS) is 20.3. The van der Waals surface area contributed by atoms with Gasteiger partial charge in [0, 0.05) is 6.04 Å². The molecule has 0 aliphatic heterocycles. The van der Waals surface area contributed by atoms with Gasteiger partial charge in [-0.3, -0.25) is 5.10 Å². The molecular formula is C19H23N5O2. The second-order valence-electron chi connectivity index (χ2n) is 6.72. The maximum absolute atomic E-state index is 9.80. The number of phenols is 1. The van der Waals surface area contributed by atoms with E-state index in [-0.39, 0.29) is 0 Å². The van der Waals surface area contributed by atoms with Crippen LogP contribution in [0.25, 0.3) is 11.0 Å². The van der Waals surface area contributed by atoms with Crippen molar-refractivity contribution in [1.82, 2.24) is 20.2 Å². The summed E-state index contributed by atoms with van der Waals surface area (Å²) in [5.74, 6) is 1.19. The fraction of sp³-hybridized carbons (Fsp3) is 0.421. The molecule has 2 heterocycles. The summed E-state index contributed by atoms with van der Waals surface area (Å²) in [6.07, 6.45) is 8.48. The Balaban J connectivity index is 1.24. The molecule has 0 radical (unpaired) electrons. The van der Waals surface area contributed by atoms with Crippen molar-refractivity contribution in [2.45, 2.75) is 44.2 Å². The third-order valence-corrected chi connectivity index (χ3v) is 4.98. The van der Waals surface area contributed by atoms with Gasteiger partial charge in [0.1, 0.15) is 17.9 Å². The molecule has 0 atom stereocenters. The number of aromatic hydroxyl groups is 1. The van der Waals surface area contributed by atoms with E-state index in [0.29, 0.717) is 24.5 Å². The number of hydrogen-bond donors (Lipinski definition) is 3. The van der Waals surface area contributed by atoms with Gasteiger partial charge in [-0.15, -0.1) is 0 Å². The number of rotatable bonds is 6. The molecule has 1 aliphatic carbocycles. The quantitative estimate of drug-likeness (QED) is 0.630. The van der Waals surface area contributed by atoms with Crippen LogP contribution in [0.4, 0.5) is 5.82 Å². The average molecular weight is 353 g/mol. The highest BCUT2D eigenvalue weighted by molar-refractivity contribution is 5.85. The van der Waals surface area contributed by atoms with E-state index in [0.717, 1.165) is 54.5 Å². The third-order valence-electron chi connectivity index (χ3n) is 4.98. The van der Waals surface area contributed by atoms with E-state index in [1.807, 2.05) is 18.2 Å². The fourth-order valence-corrected chi connectivity index (χ4v) is 3.50. The van der Waals surface area contributed by atoms with E-state index in [9.17, 15) is 5.11 Å². The van der Waals surface area contributed by atoms with Crippen LogP contribution in [-0.4, -0.2) is 44.0 Å². The number of ether oxygens (including phenoxy) is 1. The van der Waals surface area contributed by atoms with Gasteiger partial charge in [0.05, 0.1) is 24.3 Å². The van der Waals surface area contributed by atoms with Crippen LogP contribution in [0.2, 0.25) is 0 Å². The van der Waals surface area contributed by atoms with Crippen LogP contribution in [0.5, 0.6) is 5.75 Å². The Kier molecular flexibility index (Phi) is 4.97. The van der Waals surface area contributed by atoms with Gasteiger partial charge in [-0.05, 0) is 43.7 Å². The zero-order chi connectivity index (χ0) is 17.8. The Bertz CT molecular complexity index is 858. The van der Waals surface area contributed by atoms with Crippen LogP contribution < -0.4 is 5.32 Å². The summed E-state index contributed by atoms with van der Waals surface area (Å²) in [6, 6.07) is 7.83. The van der Waals surface area contributed by atoms with Crippen molar-refractivity contribution in [1.29, 1.82) is 0 Å². The second kappa shape index (κ2) is 7.70. The molecule has 0 unspecified atom stereocenters. The van der Waals surface area contributed by atoms with E-state index in [4.69, 9.17) is 4.74 Å². The molecule has 26 heavy (non-hydrogen) atoms. The SMILES string of the molecule is Oc1ccccc1CCOC1CCC(Nc2ncnc3[nH]ncc23)CC1. The highest BCUT2D eigenvalue weighted by Crippen LogP contribution is 2.26. The van der Waals surface area contributed by atoms with Crippen molar-refractivity contribution < 1.29 is 9.84 Å². The lowest BCUT2D eigenvalue weighted by molar-refractivity contribution is 0.0281. The number of nitrogens with zero attached hydrogens (tertiary/aromatic N) is 3. The summed E-state index contributed by atoms with van der Waals surface area (Å²) in [7, 11) is 0. The topological polar surface area (TPSA) is 96.0 Å². The van der Waals surface area contributed by atoms with Crippen molar-refractivity contribution in [2.24, 2.45) is 0 Å². The second-order valence-corrected chi connectivity index (χ2v) is 6.72. The van der Waals surface area contributed by atoms with Gasteiger partial charge < -0.3 is 15.2 Å². The molecule has 3 N–H and O–H groups in total. The van der Waals surface area contributed by atoms with Gasteiger partial charge in [-0.25, -0.2) is 9.97 Å².